The summed E-state index contributed by atoms with van der Waals surface area (Å²) in [6, 6.07) is 18.9. The zero-order valence-electron chi connectivity index (χ0n) is 15.8. The Hall–Kier alpha value is -3.92. The number of sulfonamides is 1. The summed E-state index contributed by atoms with van der Waals surface area (Å²) in [6.45, 7) is 0. The van der Waals surface area contributed by atoms with Gasteiger partial charge in [-0.2, -0.15) is 5.10 Å². The molecule has 0 aliphatic heterocycles. The lowest BCUT2D eigenvalue weighted by atomic mass is 10.2. The minimum Gasteiger partial charge on any atom is -0.497 e. The SMILES string of the molecule is COc1cccc(C=NNc2ccc(S(=O)(=O)Nc3ccccc3)cc2[N+](=O)[O-])c1. The van der Waals surface area contributed by atoms with E-state index in [0.717, 1.165) is 11.6 Å². The van der Waals surface area contributed by atoms with E-state index < -0.39 is 20.6 Å². The second-order valence-electron chi connectivity index (χ2n) is 6.05. The van der Waals surface area contributed by atoms with Crippen molar-refractivity contribution in [2.75, 3.05) is 17.3 Å². The highest BCUT2D eigenvalue weighted by atomic mass is 32.2. The van der Waals surface area contributed by atoms with E-state index in [1.165, 1.54) is 18.3 Å². The maximum Gasteiger partial charge on any atom is 0.295 e. The van der Waals surface area contributed by atoms with E-state index in [0.29, 0.717) is 11.4 Å². The van der Waals surface area contributed by atoms with Gasteiger partial charge in [-0.05, 0) is 42.0 Å². The van der Waals surface area contributed by atoms with Crippen LogP contribution in [-0.4, -0.2) is 26.7 Å². The first-order valence-corrected chi connectivity index (χ1v) is 10.2. The predicted molar refractivity (Wildman–Crippen MR) is 115 cm³/mol. The van der Waals surface area contributed by atoms with Crippen LogP contribution >= 0.6 is 0 Å². The molecule has 9 nitrogen and oxygen atoms in total. The van der Waals surface area contributed by atoms with Gasteiger partial charge in [-0.3, -0.25) is 20.3 Å². The Balaban J connectivity index is 1.83. The molecule has 2 N–H and O–H groups in total. The molecule has 0 radical (unpaired) electrons. The van der Waals surface area contributed by atoms with Gasteiger partial charge in [0.1, 0.15) is 11.4 Å². The molecule has 0 fully saturated rings. The van der Waals surface area contributed by atoms with E-state index in [-0.39, 0.29) is 10.6 Å². The van der Waals surface area contributed by atoms with E-state index in [2.05, 4.69) is 15.2 Å². The molecular formula is C20H18N4O5S. The van der Waals surface area contributed by atoms with Crippen LogP contribution in [0.3, 0.4) is 0 Å². The summed E-state index contributed by atoms with van der Waals surface area (Å²) < 4.78 is 32.6. The largest absolute Gasteiger partial charge is 0.497 e. The normalized spacial score (nSPS) is 11.2. The Labute approximate surface area is 173 Å². The number of ether oxygens (including phenoxy) is 1. The van der Waals surface area contributed by atoms with Crippen molar-refractivity contribution in [3.8, 4) is 5.75 Å². The van der Waals surface area contributed by atoms with E-state index in [9.17, 15) is 18.5 Å². The first-order chi connectivity index (χ1) is 14.4. The summed E-state index contributed by atoms with van der Waals surface area (Å²) in [5.41, 5.74) is 3.28. The molecule has 3 aromatic rings. The van der Waals surface area contributed by atoms with Crippen LogP contribution in [-0.2, 0) is 10.0 Å². The van der Waals surface area contributed by atoms with Gasteiger partial charge in [-0.1, -0.05) is 30.3 Å². The monoisotopic (exact) mass is 426 g/mol. The van der Waals surface area contributed by atoms with E-state index in [1.807, 2.05) is 0 Å². The van der Waals surface area contributed by atoms with Gasteiger partial charge in [0.2, 0.25) is 0 Å². The minimum atomic E-state index is -3.99. The average Bonchev–Trinajstić information content (AvgIpc) is 2.74. The highest BCUT2D eigenvalue weighted by molar-refractivity contribution is 7.92. The lowest BCUT2D eigenvalue weighted by Crippen LogP contribution is -2.13. The number of para-hydroxylation sites is 1. The van der Waals surface area contributed by atoms with Crippen LogP contribution in [0.2, 0.25) is 0 Å². The molecule has 30 heavy (non-hydrogen) atoms. The molecule has 0 atom stereocenters. The van der Waals surface area contributed by atoms with Crippen LogP contribution in [0.4, 0.5) is 17.1 Å². The van der Waals surface area contributed by atoms with Gasteiger partial charge in [-0.25, -0.2) is 8.42 Å². The minimum absolute atomic E-state index is 0.0535. The van der Waals surface area contributed by atoms with Crippen molar-refractivity contribution in [2.45, 2.75) is 4.90 Å². The highest BCUT2D eigenvalue weighted by Crippen LogP contribution is 2.28. The Bertz CT molecular complexity index is 1180. The highest BCUT2D eigenvalue weighted by Gasteiger charge is 2.21. The summed E-state index contributed by atoms with van der Waals surface area (Å²) in [6.07, 6.45) is 1.47. The number of methoxy groups -OCH3 is 1. The summed E-state index contributed by atoms with van der Waals surface area (Å²) in [4.78, 5) is 10.5. The summed E-state index contributed by atoms with van der Waals surface area (Å²) in [5.74, 6) is 0.644. The number of hydrogen-bond acceptors (Lipinski definition) is 7. The van der Waals surface area contributed by atoms with Gasteiger partial charge in [0.05, 0.1) is 23.1 Å². The van der Waals surface area contributed by atoms with Crippen LogP contribution in [0, 0.1) is 10.1 Å². The molecule has 0 bridgehead atoms. The number of hydrazone groups is 1. The van der Waals surface area contributed by atoms with Gasteiger partial charge < -0.3 is 4.74 Å². The van der Waals surface area contributed by atoms with Gasteiger partial charge in [-0.15, -0.1) is 0 Å². The molecule has 0 aliphatic rings. The van der Waals surface area contributed by atoms with E-state index >= 15 is 0 Å². The van der Waals surface area contributed by atoms with Crippen LogP contribution < -0.4 is 14.9 Å². The number of hydrogen-bond donors (Lipinski definition) is 2. The Morgan fingerprint density at radius 2 is 1.80 bits per heavy atom. The predicted octanol–water partition coefficient (Wildman–Crippen LogP) is 3.85. The van der Waals surface area contributed by atoms with Crippen molar-refractivity contribution >= 4 is 33.3 Å². The Kier molecular flexibility index (Phi) is 6.28. The molecule has 0 amide bonds. The van der Waals surface area contributed by atoms with Gasteiger partial charge >= 0.3 is 0 Å². The third kappa shape index (κ3) is 5.11. The molecule has 0 saturated heterocycles. The zero-order chi connectivity index (χ0) is 21.6. The van der Waals surface area contributed by atoms with Gasteiger partial charge in [0.25, 0.3) is 15.7 Å². The van der Waals surface area contributed by atoms with Crippen molar-refractivity contribution in [3.63, 3.8) is 0 Å². The van der Waals surface area contributed by atoms with Crippen LogP contribution in [0.1, 0.15) is 5.56 Å². The van der Waals surface area contributed by atoms with Crippen molar-refractivity contribution in [1.29, 1.82) is 0 Å². The first kappa shape index (κ1) is 20.8. The molecule has 0 aromatic heterocycles. The van der Waals surface area contributed by atoms with Crippen LogP contribution in [0.25, 0.3) is 0 Å². The first-order valence-electron chi connectivity index (χ1n) is 8.68. The van der Waals surface area contributed by atoms with Gasteiger partial charge in [0, 0.05) is 11.8 Å². The second-order valence-corrected chi connectivity index (χ2v) is 7.74. The zero-order valence-corrected chi connectivity index (χ0v) is 16.7. The maximum atomic E-state index is 12.6. The third-order valence-electron chi connectivity index (χ3n) is 3.99. The van der Waals surface area contributed by atoms with E-state index in [1.54, 1.807) is 61.7 Å². The fourth-order valence-electron chi connectivity index (χ4n) is 2.54. The second kappa shape index (κ2) is 9.05. The quantitative estimate of drug-likeness (QED) is 0.320. The standard InChI is InChI=1S/C20H18N4O5S/c1-29-17-9-5-6-15(12-17)14-21-22-19-11-10-18(13-20(19)24(25)26)30(27,28)23-16-7-3-2-4-8-16/h2-14,22-23H,1H3. The molecule has 0 aliphatic carbocycles. The fourth-order valence-corrected chi connectivity index (χ4v) is 3.62. The topological polar surface area (TPSA) is 123 Å². The Morgan fingerprint density at radius 3 is 2.50 bits per heavy atom. The van der Waals surface area contributed by atoms with E-state index in [4.69, 9.17) is 4.74 Å². The number of nitrogens with zero attached hydrogens (tertiary/aromatic N) is 2. The number of nitro groups is 1. The number of nitrogens with one attached hydrogen (secondary N) is 2. The lowest BCUT2D eigenvalue weighted by Gasteiger charge is -2.09. The third-order valence-corrected chi connectivity index (χ3v) is 5.37. The molecule has 0 spiro atoms. The number of rotatable bonds is 8. The molecule has 0 saturated carbocycles. The Morgan fingerprint density at radius 1 is 1.03 bits per heavy atom. The van der Waals surface area contributed by atoms with Gasteiger partial charge in [0.15, 0.2) is 0 Å². The molecule has 0 unspecified atom stereocenters. The molecule has 3 rings (SSSR count). The number of benzene rings is 3. The molecule has 10 heteroatoms. The van der Waals surface area contributed by atoms with Crippen molar-refractivity contribution < 1.29 is 18.1 Å². The molecular weight excluding hydrogens is 408 g/mol. The smallest absolute Gasteiger partial charge is 0.295 e. The lowest BCUT2D eigenvalue weighted by molar-refractivity contribution is -0.384. The number of nitro benzene ring substituents is 1. The van der Waals surface area contributed by atoms with Crippen LogP contribution in [0.5, 0.6) is 5.75 Å². The van der Waals surface area contributed by atoms with Crippen LogP contribution in [0.15, 0.2) is 82.8 Å². The number of anilines is 2. The molecule has 154 valence electrons. The molecule has 3 aromatic carbocycles. The van der Waals surface area contributed by atoms with Crippen molar-refractivity contribution in [1.82, 2.24) is 0 Å². The summed E-state index contributed by atoms with van der Waals surface area (Å²) in [7, 11) is -2.45. The van der Waals surface area contributed by atoms with Crippen molar-refractivity contribution in [2.24, 2.45) is 5.10 Å². The summed E-state index contributed by atoms with van der Waals surface area (Å²) in [5, 5.41) is 15.4. The summed E-state index contributed by atoms with van der Waals surface area (Å²) >= 11 is 0. The average molecular weight is 426 g/mol. The van der Waals surface area contributed by atoms with Crippen molar-refractivity contribution in [3.05, 3.63) is 88.5 Å². The maximum absolute atomic E-state index is 12.6. The fraction of sp³-hybridized carbons (Fsp3) is 0.0500. The molecule has 0 heterocycles.